The average Bonchev–Trinajstić information content (AvgIpc) is 2.51. The Hall–Kier alpha value is -1.51. The summed E-state index contributed by atoms with van der Waals surface area (Å²) < 4.78 is 41.7. The topological polar surface area (TPSA) is 78.5 Å². The van der Waals surface area contributed by atoms with E-state index in [1.54, 1.807) is 12.1 Å². The Morgan fingerprint density at radius 3 is 2.56 bits per heavy atom. The molecule has 1 amide bonds. The Labute approximate surface area is 149 Å². The molecule has 0 saturated carbocycles. The van der Waals surface area contributed by atoms with E-state index < -0.39 is 10.2 Å². The number of halogens is 1. The molecule has 0 radical (unpaired) electrons. The number of benzene rings is 1. The second-order valence-electron chi connectivity index (χ2n) is 6.82. The molecule has 1 aromatic rings. The zero-order valence-corrected chi connectivity index (χ0v) is 15.5. The van der Waals surface area contributed by atoms with Crippen LogP contribution in [0.15, 0.2) is 24.3 Å². The van der Waals surface area contributed by atoms with E-state index in [2.05, 4.69) is 10.0 Å². The summed E-state index contributed by atoms with van der Waals surface area (Å²) in [6, 6.07) is 5.84. The number of hydrogen-bond acceptors (Lipinski definition) is 3. The maximum absolute atomic E-state index is 13.1. The van der Waals surface area contributed by atoms with Crippen molar-refractivity contribution in [1.29, 1.82) is 0 Å². The van der Waals surface area contributed by atoms with Crippen LogP contribution in [0.4, 0.5) is 4.39 Å². The zero-order chi connectivity index (χ0) is 18.4. The SMILES string of the molecule is CC1CC(C)CN(S(=O)(=O)NCCNC(=O)Cc2cccc(F)c2)C1. The summed E-state index contributed by atoms with van der Waals surface area (Å²) in [5, 5.41) is 2.64. The summed E-state index contributed by atoms with van der Waals surface area (Å²) in [4.78, 5) is 11.8. The Morgan fingerprint density at radius 2 is 1.92 bits per heavy atom. The van der Waals surface area contributed by atoms with Crippen molar-refractivity contribution >= 4 is 16.1 Å². The number of amides is 1. The lowest BCUT2D eigenvalue weighted by Crippen LogP contribution is -2.49. The fraction of sp³-hybridized carbons (Fsp3) is 0.588. The molecule has 25 heavy (non-hydrogen) atoms. The van der Waals surface area contributed by atoms with Crippen LogP contribution in [0.5, 0.6) is 0 Å². The van der Waals surface area contributed by atoms with E-state index in [0.29, 0.717) is 30.5 Å². The fourth-order valence-electron chi connectivity index (χ4n) is 3.17. The predicted octanol–water partition coefficient (Wildman–Crippen LogP) is 1.30. The number of nitrogens with one attached hydrogen (secondary N) is 2. The molecular formula is C17H26FN3O3S. The summed E-state index contributed by atoms with van der Waals surface area (Å²) >= 11 is 0. The highest BCUT2D eigenvalue weighted by Gasteiger charge is 2.29. The van der Waals surface area contributed by atoms with Crippen LogP contribution in [0.1, 0.15) is 25.8 Å². The van der Waals surface area contributed by atoms with Crippen LogP contribution in [-0.2, 0) is 21.4 Å². The number of hydrogen-bond donors (Lipinski definition) is 2. The summed E-state index contributed by atoms with van der Waals surface area (Å²) in [5.41, 5.74) is 0.578. The largest absolute Gasteiger partial charge is 0.354 e. The number of rotatable bonds is 7. The molecule has 1 fully saturated rings. The van der Waals surface area contributed by atoms with Gasteiger partial charge < -0.3 is 5.32 Å². The van der Waals surface area contributed by atoms with E-state index in [0.717, 1.165) is 6.42 Å². The molecule has 140 valence electrons. The minimum absolute atomic E-state index is 0.0612. The van der Waals surface area contributed by atoms with Crippen molar-refractivity contribution in [2.24, 2.45) is 11.8 Å². The van der Waals surface area contributed by atoms with E-state index in [-0.39, 0.29) is 31.2 Å². The van der Waals surface area contributed by atoms with Gasteiger partial charge in [-0.1, -0.05) is 26.0 Å². The van der Waals surface area contributed by atoms with Crippen LogP contribution in [0, 0.1) is 17.7 Å². The van der Waals surface area contributed by atoms with Gasteiger partial charge in [0.15, 0.2) is 0 Å². The van der Waals surface area contributed by atoms with Gasteiger partial charge in [0.1, 0.15) is 5.82 Å². The maximum atomic E-state index is 13.1. The first-order valence-corrected chi connectivity index (χ1v) is 9.96. The molecule has 8 heteroatoms. The van der Waals surface area contributed by atoms with Crippen molar-refractivity contribution in [3.05, 3.63) is 35.6 Å². The number of carbonyl (C=O) groups excluding carboxylic acids is 1. The van der Waals surface area contributed by atoms with Gasteiger partial charge in [-0.15, -0.1) is 0 Å². The van der Waals surface area contributed by atoms with Gasteiger partial charge in [-0.05, 0) is 36.0 Å². The molecule has 1 heterocycles. The van der Waals surface area contributed by atoms with E-state index in [4.69, 9.17) is 0 Å². The predicted molar refractivity (Wildman–Crippen MR) is 94.6 cm³/mol. The molecule has 1 aromatic carbocycles. The van der Waals surface area contributed by atoms with Gasteiger partial charge in [-0.25, -0.2) is 9.11 Å². The van der Waals surface area contributed by atoms with Crippen molar-refractivity contribution in [3.63, 3.8) is 0 Å². The molecule has 2 atom stereocenters. The molecule has 1 aliphatic rings. The van der Waals surface area contributed by atoms with Crippen molar-refractivity contribution in [1.82, 2.24) is 14.3 Å². The zero-order valence-electron chi connectivity index (χ0n) is 14.7. The summed E-state index contributed by atoms with van der Waals surface area (Å²) in [7, 11) is -3.53. The quantitative estimate of drug-likeness (QED) is 0.709. The minimum atomic E-state index is -3.53. The number of carbonyl (C=O) groups is 1. The van der Waals surface area contributed by atoms with Gasteiger partial charge in [-0.2, -0.15) is 12.7 Å². The van der Waals surface area contributed by atoms with Crippen LogP contribution in [0.2, 0.25) is 0 Å². The first-order valence-electron chi connectivity index (χ1n) is 8.52. The van der Waals surface area contributed by atoms with Crippen molar-refractivity contribution in [2.75, 3.05) is 26.2 Å². The van der Waals surface area contributed by atoms with E-state index in [1.807, 2.05) is 13.8 Å². The van der Waals surface area contributed by atoms with Crippen molar-refractivity contribution in [2.45, 2.75) is 26.7 Å². The third-order valence-electron chi connectivity index (χ3n) is 4.16. The average molecular weight is 371 g/mol. The summed E-state index contributed by atoms with van der Waals surface area (Å²) in [6.07, 6.45) is 1.09. The number of piperidine rings is 1. The highest BCUT2D eigenvalue weighted by molar-refractivity contribution is 7.87. The third-order valence-corrected chi connectivity index (χ3v) is 5.71. The van der Waals surface area contributed by atoms with Crippen LogP contribution in [0.25, 0.3) is 0 Å². The van der Waals surface area contributed by atoms with E-state index in [9.17, 15) is 17.6 Å². The first-order chi connectivity index (χ1) is 11.8. The Balaban J connectivity index is 1.73. The normalized spacial score (nSPS) is 21.9. The van der Waals surface area contributed by atoms with Gasteiger partial charge in [0.2, 0.25) is 5.91 Å². The van der Waals surface area contributed by atoms with Crippen LogP contribution in [-0.4, -0.2) is 44.8 Å². The molecule has 1 aliphatic heterocycles. The van der Waals surface area contributed by atoms with Crippen LogP contribution >= 0.6 is 0 Å². The standard InChI is InChI=1S/C17H26FN3O3S/c1-13-8-14(2)12-21(11-13)25(23,24)20-7-6-19-17(22)10-15-4-3-5-16(18)9-15/h3-5,9,13-14,20H,6-8,10-12H2,1-2H3,(H,19,22). The van der Waals surface area contributed by atoms with Crippen molar-refractivity contribution < 1.29 is 17.6 Å². The highest BCUT2D eigenvalue weighted by Crippen LogP contribution is 2.22. The van der Waals surface area contributed by atoms with Gasteiger partial charge in [0.05, 0.1) is 6.42 Å². The first kappa shape index (κ1) is 19.8. The van der Waals surface area contributed by atoms with Gasteiger partial charge >= 0.3 is 0 Å². The number of nitrogens with zero attached hydrogens (tertiary/aromatic N) is 1. The molecule has 1 saturated heterocycles. The second-order valence-corrected chi connectivity index (χ2v) is 8.57. The molecule has 0 spiro atoms. The molecule has 2 unspecified atom stereocenters. The molecule has 2 rings (SSSR count). The lowest BCUT2D eigenvalue weighted by molar-refractivity contribution is -0.120. The summed E-state index contributed by atoms with van der Waals surface area (Å²) in [5.74, 6) is 0.0191. The smallest absolute Gasteiger partial charge is 0.279 e. The molecule has 0 aliphatic carbocycles. The van der Waals surface area contributed by atoms with Crippen molar-refractivity contribution in [3.8, 4) is 0 Å². The molecule has 2 N–H and O–H groups in total. The highest BCUT2D eigenvalue weighted by atomic mass is 32.2. The Morgan fingerprint density at radius 1 is 1.24 bits per heavy atom. The fourth-order valence-corrected chi connectivity index (χ4v) is 4.61. The maximum Gasteiger partial charge on any atom is 0.279 e. The molecule has 0 bridgehead atoms. The second kappa shape index (κ2) is 8.73. The van der Waals surface area contributed by atoms with Gasteiger partial charge in [-0.3, -0.25) is 4.79 Å². The van der Waals surface area contributed by atoms with Crippen LogP contribution in [0.3, 0.4) is 0 Å². The third kappa shape index (κ3) is 6.37. The van der Waals surface area contributed by atoms with E-state index in [1.165, 1.54) is 16.4 Å². The lowest BCUT2D eigenvalue weighted by atomic mass is 9.94. The molecule has 0 aromatic heterocycles. The van der Waals surface area contributed by atoms with Gasteiger partial charge in [0, 0.05) is 26.2 Å². The molecule has 6 nitrogen and oxygen atoms in total. The van der Waals surface area contributed by atoms with Crippen LogP contribution < -0.4 is 10.0 Å². The van der Waals surface area contributed by atoms with E-state index >= 15 is 0 Å². The lowest BCUT2D eigenvalue weighted by Gasteiger charge is -2.33. The Kier molecular flexibility index (Phi) is 6.92. The Bertz CT molecular complexity index is 686. The molecular weight excluding hydrogens is 345 g/mol. The van der Waals surface area contributed by atoms with Gasteiger partial charge in [0.25, 0.3) is 10.2 Å². The minimum Gasteiger partial charge on any atom is -0.354 e. The monoisotopic (exact) mass is 371 g/mol. The summed E-state index contributed by atoms with van der Waals surface area (Å²) in [6.45, 7) is 5.44.